The van der Waals surface area contributed by atoms with Crippen molar-refractivity contribution >= 4 is 5.95 Å². The van der Waals surface area contributed by atoms with Crippen LogP contribution in [0.2, 0.25) is 0 Å². The second-order valence-corrected chi connectivity index (χ2v) is 9.84. The molecule has 0 bridgehead atoms. The molecule has 0 unspecified atom stereocenters. The Hall–Kier alpha value is -2.95. The van der Waals surface area contributed by atoms with Gasteiger partial charge in [-0.15, -0.1) is 0 Å². The topological polar surface area (TPSA) is 84.9 Å². The second-order valence-electron chi connectivity index (χ2n) is 9.84. The minimum absolute atomic E-state index is 0.155. The minimum atomic E-state index is -0.155. The lowest BCUT2D eigenvalue weighted by Crippen LogP contribution is -2.18. The van der Waals surface area contributed by atoms with Gasteiger partial charge >= 0.3 is 0 Å². The number of nitrogen functional groups attached to an aromatic ring is 1. The summed E-state index contributed by atoms with van der Waals surface area (Å²) in [5, 5.41) is 10.9. The Labute approximate surface area is 179 Å². The fraction of sp³-hybridized carbons (Fsp3) is 0.400. The SMILES string of the molecule is CC(C)(C)c1cc(CCc2nc(N)nc(-c3ccccc3)n2)cc(C(C)(C)C)c1O. The number of benzene rings is 2. The van der Waals surface area contributed by atoms with Gasteiger partial charge in [0.05, 0.1) is 0 Å². The highest BCUT2D eigenvalue weighted by atomic mass is 16.3. The van der Waals surface area contributed by atoms with E-state index in [0.717, 1.165) is 28.7 Å². The van der Waals surface area contributed by atoms with Crippen LogP contribution < -0.4 is 5.73 Å². The number of aromatic nitrogens is 3. The molecule has 0 atom stereocenters. The highest BCUT2D eigenvalue weighted by Crippen LogP contribution is 2.40. The summed E-state index contributed by atoms with van der Waals surface area (Å²) in [4.78, 5) is 13.3. The van der Waals surface area contributed by atoms with Crippen LogP contribution in [0.4, 0.5) is 5.95 Å². The molecule has 1 heterocycles. The summed E-state index contributed by atoms with van der Waals surface area (Å²) in [5.74, 6) is 1.89. The molecule has 0 fully saturated rings. The third-order valence-corrected chi connectivity index (χ3v) is 5.15. The smallest absolute Gasteiger partial charge is 0.223 e. The van der Waals surface area contributed by atoms with Gasteiger partial charge in [0.2, 0.25) is 5.95 Å². The fourth-order valence-electron chi connectivity index (χ4n) is 3.50. The zero-order valence-corrected chi connectivity index (χ0v) is 18.8. The standard InChI is InChI=1S/C25H32N4O/c1-24(2,3)18-14-16(15-19(21(18)30)25(4,5)6)12-13-20-27-22(29-23(26)28-20)17-10-8-7-9-11-17/h7-11,14-15,30H,12-13H2,1-6H3,(H2,26,27,28,29). The molecule has 0 amide bonds. The summed E-state index contributed by atoms with van der Waals surface area (Å²) in [6, 6.07) is 14.0. The van der Waals surface area contributed by atoms with Crippen molar-refractivity contribution in [2.24, 2.45) is 0 Å². The first-order valence-electron chi connectivity index (χ1n) is 10.4. The van der Waals surface area contributed by atoms with Crippen molar-refractivity contribution in [2.45, 2.75) is 65.2 Å². The molecule has 1 aromatic heterocycles. The quantitative estimate of drug-likeness (QED) is 0.624. The maximum Gasteiger partial charge on any atom is 0.223 e. The van der Waals surface area contributed by atoms with Crippen LogP contribution in [0.5, 0.6) is 5.75 Å². The maximum atomic E-state index is 10.9. The number of nitrogens with two attached hydrogens (primary N) is 1. The Morgan fingerprint density at radius 1 is 0.800 bits per heavy atom. The van der Waals surface area contributed by atoms with Crippen molar-refractivity contribution in [1.82, 2.24) is 15.0 Å². The normalized spacial score (nSPS) is 12.2. The van der Waals surface area contributed by atoms with Crippen LogP contribution in [-0.2, 0) is 23.7 Å². The third kappa shape index (κ3) is 4.96. The van der Waals surface area contributed by atoms with Crippen molar-refractivity contribution in [2.75, 3.05) is 5.73 Å². The van der Waals surface area contributed by atoms with E-state index >= 15 is 0 Å². The van der Waals surface area contributed by atoms with E-state index < -0.39 is 0 Å². The average Bonchev–Trinajstić information content (AvgIpc) is 2.65. The van der Waals surface area contributed by atoms with Gasteiger partial charge in [-0.1, -0.05) is 84.0 Å². The van der Waals surface area contributed by atoms with Crippen molar-refractivity contribution in [3.8, 4) is 17.1 Å². The van der Waals surface area contributed by atoms with Crippen LogP contribution in [0.25, 0.3) is 11.4 Å². The maximum absolute atomic E-state index is 10.9. The third-order valence-electron chi connectivity index (χ3n) is 5.15. The predicted octanol–water partition coefficient (Wildman–Crippen LogP) is 5.21. The van der Waals surface area contributed by atoms with Gasteiger partial charge in [0.1, 0.15) is 11.6 Å². The number of phenols is 1. The summed E-state index contributed by atoms with van der Waals surface area (Å²) in [6.07, 6.45) is 1.40. The Balaban J connectivity index is 1.93. The monoisotopic (exact) mass is 404 g/mol. The highest BCUT2D eigenvalue weighted by molar-refractivity contribution is 5.55. The lowest BCUT2D eigenvalue weighted by Gasteiger charge is -2.28. The molecule has 3 N–H and O–H groups in total. The number of hydrogen-bond acceptors (Lipinski definition) is 5. The first kappa shape index (κ1) is 21.8. The minimum Gasteiger partial charge on any atom is -0.507 e. The first-order chi connectivity index (χ1) is 13.9. The molecule has 0 aliphatic heterocycles. The first-order valence-corrected chi connectivity index (χ1v) is 10.4. The molecule has 0 radical (unpaired) electrons. The Morgan fingerprint density at radius 2 is 1.37 bits per heavy atom. The number of anilines is 1. The molecule has 0 saturated heterocycles. The summed E-state index contributed by atoms with van der Waals surface area (Å²) >= 11 is 0. The Bertz CT molecular complexity index is 996. The molecule has 2 aromatic carbocycles. The van der Waals surface area contributed by atoms with Gasteiger partial charge in [0.15, 0.2) is 5.82 Å². The van der Waals surface area contributed by atoms with E-state index in [4.69, 9.17) is 5.73 Å². The van der Waals surface area contributed by atoms with Crippen LogP contribution in [-0.4, -0.2) is 20.1 Å². The van der Waals surface area contributed by atoms with Crippen molar-refractivity contribution in [3.05, 3.63) is 65.0 Å². The van der Waals surface area contributed by atoms with Gasteiger partial charge in [-0.3, -0.25) is 0 Å². The zero-order chi connectivity index (χ0) is 22.1. The van der Waals surface area contributed by atoms with Crippen molar-refractivity contribution < 1.29 is 5.11 Å². The van der Waals surface area contributed by atoms with Crippen LogP contribution >= 0.6 is 0 Å². The Morgan fingerprint density at radius 3 is 1.90 bits per heavy atom. The molecule has 3 rings (SSSR count). The van der Waals surface area contributed by atoms with Crippen LogP contribution in [0.15, 0.2) is 42.5 Å². The van der Waals surface area contributed by atoms with Crippen molar-refractivity contribution in [1.29, 1.82) is 0 Å². The lowest BCUT2D eigenvalue weighted by molar-refractivity contribution is 0.422. The van der Waals surface area contributed by atoms with E-state index in [9.17, 15) is 5.11 Å². The molecular formula is C25H32N4O. The van der Waals surface area contributed by atoms with Gasteiger partial charge in [-0.05, 0) is 33.9 Å². The van der Waals surface area contributed by atoms with E-state index in [-0.39, 0.29) is 16.8 Å². The van der Waals surface area contributed by atoms with E-state index in [0.29, 0.717) is 23.8 Å². The molecule has 0 spiro atoms. The van der Waals surface area contributed by atoms with Crippen molar-refractivity contribution in [3.63, 3.8) is 0 Å². The molecule has 158 valence electrons. The van der Waals surface area contributed by atoms with Gasteiger partial charge in [0.25, 0.3) is 0 Å². The zero-order valence-electron chi connectivity index (χ0n) is 18.8. The number of aryl methyl sites for hydroxylation is 2. The number of phenolic OH excluding ortho intramolecular Hbond substituents is 1. The number of hydrogen-bond donors (Lipinski definition) is 2. The molecule has 5 nitrogen and oxygen atoms in total. The number of nitrogens with zero attached hydrogens (tertiary/aromatic N) is 3. The lowest BCUT2D eigenvalue weighted by atomic mass is 9.78. The summed E-state index contributed by atoms with van der Waals surface area (Å²) in [7, 11) is 0. The number of rotatable bonds is 4. The van der Waals surface area contributed by atoms with E-state index in [1.165, 1.54) is 0 Å². The molecular weight excluding hydrogens is 372 g/mol. The molecule has 5 heteroatoms. The second kappa shape index (κ2) is 8.05. The summed E-state index contributed by atoms with van der Waals surface area (Å²) in [5.41, 5.74) is 9.64. The van der Waals surface area contributed by atoms with Gasteiger partial charge < -0.3 is 10.8 Å². The molecule has 3 aromatic rings. The summed E-state index contributed by atoms with van der Waals surface area (Å²) < 4.78 is 0. The molecule has 0 saturated carbocycles. The van der Waals surface area contributed by atoms with E-state index in [1.807, 2.05) is 30.3 Å². The highest BCUT2D eigenvalue weighted by Gasteiger charge is 2.26. The van der Waals surface area contributed by atoms with Gasteiger partial charge in [-0.2, -0.15) is 9.97 Å². The molecule has 0 aliphatic rings. The Kier molecular flexibility index (Phi) is 5.84. The molecule has 0 aliphatic carbocycles. The van der Waals surface area contributed by atoms with Crippen LogP contribution in [0.3, 0.4) is 0 Å². The van der Waals surface area contributed by atoms with E-state index in [1.54, 1.807) is 0 Å². The van der Waals surface area contributed by atoms with Crippen LogP contribution in [0.1, 0.15) is 64.1 Å². The van der Waals surface area contributed by atoms with E-state index in [2.05, 4.69) is 68.6 Å². The predicted molar refractivity (Wildman–Crippen MR) is 123 cm³/mol. The molecule has 30 heavy (non-hydrogen) atoms. The summed E-state index contributed by atoms with van der Waals surface area (Å²) in [6.45, 7) is 12.7. The number of aromatic hydroxyl groups is 1. The van der Waals surface area contributed by atoms with Crippen LogP contribution in [0, 0.1) is 0 Å². The van der Waals surface area contributed by atoms with Gasteiger partial charge in [0, 0.05) is 12.0 Å². The average molecular weight is 405 g/mol. The fourth-order valence-corrected chi connectivity index (χ4v) is 3.50. The largest absolute Gasteiger partial charge is 0.507 e. The van der Waals surface area contributed by atoms with Gasteiger partial charge in [-0.25, -0.2) is 4.98 Å².